The molecule has 1 fully saturated rings. The fourth-order valence-electron chi connectivity index (χ4n) is 3.54. The molecule has 0 saturated carbocycles. The van der Waals surface area contributed by atoms with Crippen LogP contribution in [0.3, 0.4) is 0 Å². The van der Waals surface area contributed by atoms with Crippen LogP contribution >= 0.6 is 0 Å². The average molecular weight is 396 g/mol. The molecule has 6 heteroatoms. The number of ether oxygens (including phenoxy) is 2. The Morgan fingerprint density at radius 1 is 1.00 bits per heavy atom. The fourth-order valence-corrected chi connectivity index (χ4v) is 3.54. The van der Waals surface area contributed by atoms with Crippen LogP contribution in [0.4, 0.5) is 0 Å². The quantitative estimate of drug-likeness (QED) is 0.673. The molecule has 0 radical (unpaired) electrons. The van der Waals surface area contributed by atoms with Crippen molar-refractivity contribution in [2.24, 2.45) is 0 Å². The van der Waals surface area contributed by atoms with E-state index >= 15 is 0 Å². The summed E-state index contributed by atoms with van der Waals surface area (Å²) in [6.45, 7) is 6.67. The minimum absolute atomic E-state index is 0.0466. The zero-order valence-electron chi connectivity index (χ0n) is 17.3. The van der Waals surface area contributed by atoms with Crippen LogP contribution in [-0.4, -0.2) is 61.4 Å². The van der Waals surface area contributed by atoms with E-state index in [-0.39, 0.29) is 18.3 Å². The molecular weight excluding hydrogens is 368 g/mol. The molecule has 1 aliphatic heterocycles. The summed E-state index contributed by atoms with van der Waals surface area (Å²) >= 11 is 0. The number of carbonyl (C=O) groups is 2. The second kappa shape index (κ2) is 9.56. The number of methoxy groups -OCH3 is 1. The number of carbonyl (C=O) groups excluding carboxylic acids is 2. The summed E-state index contributed by atoms with van der Waals surface area (Å²) in [7, 11) is 1.51. The maximum absolute atomic E-state index is 12.6. The molecule has 3 rings (SSSR count). The lowest BCUT2D eigenvalue weighted by Crippen LogP contribution is -2.50. The van der Waals surface area contributed by atoms with Gasteiger partial charge in [0.1, 0.15) is 0 Å². The monoisotopic (exact) mass is 396 g/mol. The van der Waals surface area contributed by atoms with E-state index in [1.54, 1.807) is 18.2 Å². The Balaban J connectivity index is 1.52. The van der Waals surface area contributed by atoms with Gasteiger partial charge < -0.3 is 14.4 Å². The molecule has 1 atom stereocenters. The molecule has 1 unspecified atom stereocenters. The number of ketones is 1. The second-order valence-electron chi connectivity index (χ2n) is 7.21. The molecule has 29 heavy (non-hydrogen) atoms. The summed E-state index contributed by atoms with van der Waals surface area (Å²) in [6.07, 6.45) is 0. The molecule has 1 heterocycles. The largest absolute Gasteiger partial charge is 0.493 e. The molecule has 6 nitrogen and oxygen atoms in total. The van der Waals surface area contributed by atoms with Crippen molar-refractivity contribution in [3.63, 3.8) is 0 Å². The predicted octanol–water partition coefficient (Wildman–Crippen LogP) is 3.18. The first-order valence-corrected chi connectivity index (χ1v) is 9.88. The van der Waals surface area contributed by atoms with E-state index in [2.05, 4.69) is 36.1 Å². The molecule has 1 aliphatic rings. The van der Waals surface area contributed by atoms with Gasteiger partial charge in [0.2, 0.25) is 0 Å². The molecular formula is C23H28N2O4. The van der Waals surface area contributed by atoms with E-state index in [9.17, 15) is 9.59 Å². The van der Waals surface area contributed by atoms with E-state index in [1.165, 1.54) is 19.6 Å². The minimum atomic E-state index is -0.0516. The van der Waals surface area contributed by atoms with Crippen molar-refractivity contribution in [3.05, 3.63) is 59.7 Å². The van der Waals surface area contributed by atoms with Gasteiger partial charge in [0, 0.05) is 37.8 Å². The molecule has 0 aromatic heterocycles. The van der Waals surface area contributed by atoms with Crippen LogP contribution in [-0.2, 0) is 4.79 Å². The average Bonchev–Trinajstić information content (AvgIpc) is 2.77. The fraction of sp³-hybridized carbons (Fsp3) is 0.391. The van der Waals surface area contributed by atoms with Gasteiger partial charge in [-0.2, -0.15) is 0 Å². The van der Waals surface area contributed by atoms with Crippen LogP contribution in [0.5, 0.6) is 11.5 Å². The lowest BCUT2D eigenvalue weighted by atomic mass is 10.1. The third kappa shape index (κ3) is 5.15. The number of hydrogen-bond donors (Lipinski definition) is 0. The molecule has 0 spiro atoms. The highest BCUT2D eigenvalue weighted by atomic mass is 16.5. The highest BCUT2D eigenvalue weighted by molar-refractivity contribution is 5.94. The molecule has 1 saturated heterocycles. The molecule has 154 valence electrons. The topological polar surface area (TPSA) is 59.1 Å². The first kappa shape index (κ1) is 20.9. The molecule has 2 aromatic rings. The molecule has 1 amide bonds. The summed E-state index contributed by atoms with van der Waals surface area (Å²) in [5.41, 5.74) is 1.83. The maximum Gasteiger partial charge on any atom is 0.260 e. The van der Waals surface area contributed by atoms with Crippen molar-refractivity contribution in [1.29, 1.82) is 0 Å². The number of amides is 1. The van der Waals surface area contributed by atoms with E-state index in [4.69, 9.17) is 9.47 Å². The number of benzene rings is 2. The molecule has 2 aromatic carbocycles. The summed E-state index contributed by atoms with van der Waals surface area (Å²) in [5, 5.41) is 0. The van der Waals surface area contributed by atoms with Gasteiger partial charge in [-0.25, -0.2) is 0 Å². The van der Waals surface area contributed by atoms with E-state index < -0.39 is 0 Å². The van der Waals surface area contributed by atoms with E-state index in [1.807, 2.05) is 11.0 Å². The highest BCUT2D eigenvalue weighted by Gasteiger charge is 2.25. The van der Waals surface area contributed by atoms with E-state index in [0.717, 1.165) is 13.1 Å². The minimum Gasteiger partial charge on any atom is -0.493 e. The van der Waals surface area contributed by atoms with Gasteiger partial charge in [0.15, 0.2) is 23.9 Å². The van der Waals surface area contributed by atoms with Crippen molar-refractivity contribution in [2.75, 3.05) is 39.9 Å². The standard InChI is InChI=1S/C23H28N2O4/c1-17(19-7-5-4-6-8-19)24-11-13-25(14-12-24)23(27)16-29-21-10-9-20(18(2)26)15-22(21)28-3/h4-10,15,17H,11-14,16H2,1-3H3. The third-order valence-corrected chi connectivity index (χ3v) is 5.42. The number of Topliss-reactive ketones (excluding diaryl/α,β-unsaturated/α-hetero) is 1. The van der Waals surface area contributed by atoms with Gasteiger partial charge in [-0.3, -0.25) is 14.5 Å². The lowest BCUT2D eigenvalue weighted by Gasteiger charge is -2.38. The van der Waals surface area contributed by atoms with Crippen LogP contribution in [0.1, 0.15) is 35.8 Å². The van der Waals surface area contributed by atoms with Crippen LogP contribution in [0, 0.1) is 0 Å². The Bertz CT molecular complexity index is 845. The Morgan fingerprint density at radius 2 is 1.69 bits per heavy atom. The van der Waals surface area contributed by atoms with Crippen molar-refractivity contribution < 1.29 is 19.1 Å². The van der Waals surface area contributed by atoms with Crippen molar-refractivity contribution in [1.82, 2.24) is 9.80 Å². The van der Waals surface area contributed by atoms with Crippen molar-refractivity contribution in [2.45, 2.75) is 19.9 Å². The molecule has 0 aliphatic carbocycles. The predicted molar refractivity (Wildman–Crippen MR) is 112 cm³/mol. The SMILES string of the molecule is COc1cc(C(C)=O)ccc1OCC(=O)N1CCN(C(C)c2ccccc2)CC1. The number of hydrogen-bond acceptors (Lipinski definition) is 5. The summed E-state index contributed by atoms with van der Waals surface area (Å²) in [5.74, 6) is 0.817. The Hall–Kier alpha value is -2.86. The second-order valence-corrected chi connectivity index (χ2v) is 7.21. The van der Waals surface area contributed by atoms with Crippen LogP contribution in [0.25, 0.3) is 0 Å². The molecule has 0 bridgehead atoms. The van der Waals surface area contributed by atoms with Gasteiger partial charge in [-0.1, -0.05) is 30.3 Å². The van der Waals surface area contributed by atoms with Crippen LogP contribution < -0.4 is 9.47 Å². The first-order valence-electron chi connectivity index (χ1n) is 9.88. The van der Waals surface area contributed by atoms with Crippen molar-refractivity contribution in [3.8, 4) is 11.5 Å². The smallest absolute Gasteiger partial charge is 0.260 e. The van der Waals surface area contributed by atoms with Gasteiger partial charge in [0.05, 0.1) is 7.11 Å². The Morgan fingerprint density at radius 3 is 2.31 bits per heavy atom. The zero-order valence-corrected chi connectivity index (χ0v) is 17.3. The van der Waals surface area contributed by atoms with Gasteiger partial charge in [-0.15, -0.1) is 0 Å². The lowest BCUT2D eigenvalue weighted by molar-refractivity contribution is -0.135. The first-order chi connectivity index (χ1) is 14.0. The zero-order chi connectivity index (χ0) is 20.8. The summed E-state index contributed by atoms with van der Waals surface area (Å²) < 4.78 is 11.0. The Labute approximate surface area is 172 Å². The third-order valence-electron chi connectivity index (χ3n) is 5.42. The Kier molecular flexibility index (Phi) is 6.88. The number of nitrogens with zero attached hydrogens (tertiary/aromatic N) is 2. The van der Waals surface area contributed by atoms with Gasteiger partial charge in [0.25, 0.3) is 5.91 Å². The molecule has 0 N–H and O–H groups in total. The van der Waals surface area contributed by atoms with Crippen LogP contribution in [0.2, 0.25) is 0 Å². The maximum atomic E-state index is 12.6. The highest BCUT2D eigenvalue weighted by Crippen LogP contribution is 2.28. The normalized spacial score (nSPS) is 15.6. The van der Waals surface area contributed by atoms with Crippen LogP contribution in [0.15, 0.2) is 48.5 Å². The van der Waals surface area contributed by atoms with Gasteiger partial charge >= 0.3 is 0 Å². The summed E-state index contributed by atoms with van der Waals surface area (Å²) in [6, 6.07) is 15.7. The van der Waals surface area contributed by atoms with E-state index in [0.29, 0.717) is 36.2 Å². The number of rotatable bonds is 7. The summed E-state index contributed by atoms with van der Waals surface area (Å²) in [4.78, 5) is 28.3. The number of piperazine rings is 1. The van der Waals surface area contributed by atoms with Crippen molar-refractivity contribution >= 4 is 11.7 Å². The van der Waals surface area contributed by atoms with Gasteiger partial charge in [-0.05, 0) is 37.6 Å².